The van der Waals surface area contributed by atoms with Gasteiger partial charge in [0.1, 0.15) is 0 Å². The number of hydrogen-bond acceptors (Lipinski definition) is 4. The molecule has 0 bridgehead atoms. The summed E-state index contributed by atoms with van der Waals surface area (Å²) >= 11 is 0. The minimum Gasteiger partial charge on any atom is -0.341 e. The van der Waals surface area contributed by atoms with Crippen molar-refractivity contribution in [2.75, 3.05) is 13.1 Å². The van der Waals surface area contributed by atoms with E-state index in [2.05, 4.69) is 30.8 Å². The van der Waals surface area contributed by atoms with Crippen LogP contribution in [0.1, 0.15) is 96.2 Å². The van der Waals surface area contributed by atoms with Gasteiger partial charge in [-0.1, -0.05) is 58.0 Å². The number of nitrogens with zero attached hydrogens (tertiary/aromatic N) is 3. The van der Waals surface area contributed by atoms with E-state index in [9.17, 15) is 4.79 Å². The molecule has 1 spiro atoms. The molecule has 150 valence electrons. The summed E-state index contributed by atoms with van der Waals surface area (Å²) in [6.45, 7) is 8.19. The number of hydrogen-bond donors (Lipinski definition) is 0. The maximum absolute atomic E-state index is 13.5. The van der Waals surface area contributed by atoms with E-state index in [0.717, 1.165) is 44.1 Å². The molecule has 1 amide bonds. The zero-order valence-electron chi connectivity index (χ0n) is 17.3. The topological polar surface area (TPSA) is 59.2 Å². The first-order valence-corrected chi connectivity index (χ1v) is 11.0. The Morgan fingerprint density at radius 1 is 1.15 bits per heavy atom. The first-order chi connectivity index (χ1) is 12.9. The zero-order chi connectivity index (χ0) is 19.1. The van der Waals surface area contributed by atoms with Gasteiger partial charge in [0, 0.05) is 30.8 Å². The molecule has 5 nitrogen and oxygen atoms in total. The molecule has 3 fully saturated rings. The molecule has 1 unspecified atom stereocenters. The first-order valence-electron chi connectivity index (χ1n) is 11.0. The normalized spacial score (nSPS) is 27.0. The van der Waals surface area contributed by atoms with Crippen molar-refractivity contribution in [2.24, 2.45) is 16.7 Å². The Hall–Kier alpha value is -1.39. The summed E-state index contributed by atoms with van der Waals surface area (Å²) in [4.78, 5) is 20.4. The van der Waals surface area contributed by atoms with Crippen LogP contribution in [0.3, 0.4) is 0 Å². The van der Waals surface area contributed by atoms with Gasteiger partial charge in [0.05, 0.1) is 0 Å². The lowest BCUT2D eigenvalue weighted by molar-refractivity contribution is -0.142. The lowest BCUT2D eigenvalue weighted by Crippen LogP contribution is -2.43. The van der Waals surface area contributed by atoms with Gasteiger partial charge >= 0.3 is 0 Å². The maximum atomic E-state index is 13.5. The molecule has 5 heteroatoms. The van der Waals surface area contributed by atoms with Crippen LogP contribution in [-0.4, -0.2) is 34.0 Å². The summed E-state index contributed by atoms with van der Waals surface area (Å²) in [5, 5.41) is 4.37. The van der Waals surface area contributed by atoms with Crippen molar-refractivity contribution in [3.05, 3.63) is 11.7 Å². The van der Waals surface area contributed by atoms with Crippen LogP contribution in [0, 0.1) is 16.7 Å². The molecule has 1 atom stereocenters. The van der Waals surface area contributed by atoms with Crippen LogP contribution in [0.4, 0.5) is 0 Å². The lowest BCUT2D eigenvalue weighted by Gasteiger charge is -2.36. The molecule has 0 aromatic carbocycles. The second kappa shape index (κ2) is 7.21. The summed E-state index contributed by atoms with van der Waals surface area (Å²) in [6.07, 6.45) is 11.4. The molecule has 2 heterocycles. The van der Waals surface area contributed by atoms with Gasteiger partial charge in [0.15, 0.2) is 5.82 Å². The van der Waals surface area contributed by atoms with Gasteiger partial charge in [0.2, 0.25) is 11.8 Å². The van der Waals surface area contributed by atoms with Gasteiger partial charge in [0.25, 0.3) is 0 Å². The van der Waals surface area contributed by atoms with Crippen molar-refractivity contribution in [3.8, 4) is 0 Å². The second-order valence-electron chi connectivity index (χ2n) is 10.1. The van der Waals surface area contributed by atoms with E-state index in [0.29, 0.717) is 11.8 Å². The fourth-order valence-corrected chi connectivity index (χ4v) is 5.83. The first kappa shape index (κ1) is 18.9. The molecule has 2 aliphatic carbocycles. The predicted molar refractivity (Wildman–Crippen MR) is 104 cm³/mol. The summed E-state index contributed by atoms with van der Waals surface area (Å²) < 4.78 is 5.56. The monoisotopic (exact) mass is 373 g/mol. The van der Waals surface area contributed by atoms with E-state index in [-0.39, 0.29) is 16.7 Å². The fourth-order valence-electron chi connectivity index (χ4n) is 5.83. The molecule has 27 heavy (non-hydrogen) atoms. The second-order valence-corrected chi connectivity index (χ2v) is 10.1. The highest BCUT2D eigenvalue weighted by molar-refractivity contribution is 5.83. The van der Waals surface area contributed by atoms with Gasteiger partial charge in [-0.25, -0.2) is 0 Å². The van der Waals surface area contributed by atoms with E-state index < -0.39 is 0 Å². The third kappa shape index (κ3) is 3.54. The van der Waals surface area contributed by atoms with Gasteiger partial charge in [-0.15, -0.1) is 0 Å². The Balaban J connectivity index is 1.56. The Morgan fingerprint density at radius 3 is 2.48 bits per heavy atom. The van der Waals surface area contributed by atoms with Crippen LogP contribution < -0.4 is 0 Å². The van der Waals surface area contributed by atoms with E-state index in [4.69, 9.17) is 9.51 Å². The van der Waals surface area contributed by atoms with Crippen LogP contribution in [0.2, 0.25) is 0 Å². The molecule has 1 aliphatic heterocycles. The molecular weight excluding hydrogens is 338 g/mol. The van der Waals surface area contributed by atoms with Crippen molar-refractivity contribution in [1.82, 2.24) is 15.0 Å². The molecule has 4 rings (SSSR count). The number of aromatic nitrogens is 2. The molecule has 2 saturated carbocycles. The van der Waals surface area contributed by atoms with Crippen molar-refractivity contribution >= 4 is 5.91 Å². The molecule has 3 aliphatic rings. The van der Waals surface area contributed by atoms with Crippen LogP contribution >= 0.6 is 0 Å². The summed E-state index contributed by atoms with van der Waals surface area (Å²) in [6, 6.07) is 0. The average molecular weight is 374 g/mol. The molecule has 0 radical (unpaired) electrons. The Bertz CT molecular complexity index is 669. The number of likely N-dealkylation sites (tertiary alicyclic amines) is 1. The van der Waals surface area contributed by atoms with E-state index >= 15 is 0 Å². The Labute approximate surface area is 163 Å². The number of carbonyl (C=O) groups is 1. The quantitative estimate of drug-likeness (QED) is 0.766. The molecular formula is C22H35N3O2. The zero-order valence-corrected chi connectivity index (χ0v) is 17.3. The van der Waals surface area contributed by atoms with Crippen molar-refractivity contribution in [2.45, 2.75) is 90.9 Å². The number of rotatable bonds is 4. The minimum atomic E-state index is -0.160. The standard InChI is InChI=1S/C22H35N3O2/c1-16(2)13-18-23-19(24-27-18)17-14-25(15-22(17)11-7-8-12-22)20(26)21(3)9-5-4-6-10-21/h16-17H,4-15H2,1-3H3. The van der Waals surface area contributed by atoms with Gasteiger partial charge in [-0.2, -0.15) is 4.98 Å². The molecule has 1 aromatic rings. The molecule has 1 aromatic heterocycles. The Morgan fingerprint density at radius 2 is 1.81 bits per heavy atom. The third-order valence-electron chi connectivity index (χ3n) is 7.39. The van der Waals surface area contributed by atoms with Crippen molar-refractivity contribution in [1.29, 1.82) is 0 Å². The number of carbonyl (C=O) groups excluding carboxylic acids is 1. The van der Waals surface area contributed by atoms with Crippen LogP contribution in [0.25, 0.3) is 0 Å². The average Bonchev–Trinajstić information content (AvgIpc) is 3.36. The van der Waals surface area contributed by atoms with Crippen molar-refractivity contribution < 1.29 is 9.32 Å². The number of amides is 1. The largest absolute Gasteiger partial charge is 0.341 e. The summed E-state index contributed by atoms with van der Waals surface area (Å²) in [5.41, 5.74) is 0.00660. The van der Waals surface area contributed by atoms with Crippen molar-refractivity contribution in [3.63, 3.8) is 0 Å². The smallest absolute Gasteiger partial charge is 0.228 e. The summed E-state index contributed by atoms with van der Waals surface area (Å²) in [7, 11) is 0. The lowest BCUT2D eigenvalue weighted by atomic mass is 9.74. The van der Waals surface area contributed by atoms with E-state index in [1.54, 1.807) is 0 Å². The van der Waals surface area contributed by atoms with Crippen LogP contribution in [0.15, 0.2) is 4.52 Å². The van der Waals surface area contributed by atoms with Crippen LogP contribution in [-0.2, 0) is 11.2 Å². The highest BCUT2D eigenvalue weighted by atomic mass is 16.5. The molecule has 1 saturated heterocycles. The van der Waals surface area contributed by atoms with E-state index in [1.165, 1.54) is 44.9 Å². The van der Waals surface area contributed by atoms with E-state index in [1.807, 2.05) is 0 Å². The Kier molecular flexibility index (Phi) is 5.06. The summed E-state index contributed by atoms with van der Waals surface area (Å²) in [5.74, 6) is 2.71. The SMILES string of the molecule is CC(C)Cc1nc(C2CN(C(=O)C3(C)CCCCC3)CC23CCCC3)no1. The maximum Gasteiger partial charge on any atom is 0.228 e. The highest BCUT2D eigenvalue weighted by Crippen LogP contribution is 2.54. The van der Waals surface area contributed by atoms with Gasteiger partial charge < -0.3 is 9.42 Å². The highest BCUT2D eigenvalue weighted by Gasteiger charge is 2.53. The predicted octanol–water partition coefficient (Wildman–Crippen LogP) is 4.72. The fraction of sp³-hybridized carbons (Fsp3) is 0.864. The minimum absolute atomic E-state index is 0.160. The van der Waals surface area contributed by atoms with Gasteiger partial charge in [-0.3, -0.25) is 4.79 Å². The third-order valence-corrected chi connectivity index (χ3v) is 7.39. The van der Waals surface area contributed by atoms with Crippen LogP contribution in [0.5, 0.6) is 0 Å². The van der Waals surface area contributed by atoms with Gasteiger partial charge in [-0.05, 0) is 37.0 Å². The molecule has 0 N–H and O–H groups in total.